The minimum atomic E-state index is -0.947. The first-order chi connectivity index (χ1) is 17.0. The van der Waals surface area contributed by atoms with E-state index in [9.17, 15) is 14.0 Å². The largest absolute Gasteiger partial charge is 0.490 e. The number of benzene rings is 3. The Hall–Kier alpha value is -4.71. The van der Waals surface area contributed by atoms with Gasteiger partial charge in [-0.05, 0) is 54.4 Å². The van der Waals surface area contributed by atoms with Gasteiger partial charge in [-0.25, -0.2) is 9.82 Å². The Kier molecular flexibility index (Phi) is 8.91. The molecule has 0 unspecified atom stereocenters. The highest BCUT2D eigenvalue weighted by molar-refractivity contribution is 6.39. The summed E-state index contributed by atoms with van der Waals surface area (Å²) in [5.41, 5.74) is 4.38. The number of nitrogens with one attached hydrogen (secondary N) is 2. The summed E-state index contributed by atoms with van der Waals surface area (Å²) in [4.78, 5) is 24.1. The van der Waals surface area contributed by atoms with Gasteiger partial charge in [-0.1, -0.05) is 30.3 Å². The molecule has 8 nitrogen and oxygen atoms in total. The van der Waals surface area contributed by atoms with Gasteiger partial charge in [0.15, 0.2) is 11.5 Å². The highest BCUT2D eigenvalue weighted by Crippen LogP contribution is 2.29. The minimum Gasteiger partial charge on any atom is -0.490 e. The second-order valence-corrected chi connectivity index (χ2v) is 7.20. The summed E-state index contributed by atoms with van der Waals surface area (Å²) in [5.74, 6) is -1.34. The van der Waals surface area contributed by atoms with Crippen molar-refractivity contribution in [2.24, 2.45) is 5.10 Å². The molecule has 0 aromatic heterocycles. The van der Waals surface area contributed by atoms with Gasteiger partial charge in [0, 0.05) is 11.3 Å². The lowest BCUT2D eigenvalue weighted by Crippen LogP contribution is -2.32. The summed E-state index contributed by atoms with van der Waals surface area (Å²) in [5, 5.41) is 15.0. The fourth-order valence-electron chi connectivity index (χ4n) is 2.96. The molecule has 0 atom stereocenters. The average molecular weight is 474 g/mol. The van der Waals surface area contributed by atoms with E-state index >= 15 is 0 Å². The highest BCUT2D eigenvalue weighted by Gasteiger charge is 2.13. The lowest BCUT2D eigenvalue weighted by Gasteiger charge is -2.13. The van der Waals surface area contributed by atoms with E-state index in [-0.39, 0.29) is 18.8 Å². The molecular weight excluding hydrogens is 451 g/mol. The molecule has 3 aromatic rings. The van der Waals surface area contributed by atoms with Gasteiger partial charge in [0.1, 0.15) is 12.4 Å². The van der Waals surface area contributed by atoms with E-state index < -0.39 is 11.8 Å². The van der Waals surface area contributed by atoms with Crippen molar-refractivity contribution < 1.29 is 23.5 Å². The van der Waals surface area contributed by atoms with Gasteiger partial charge in [-0.2, -0.15) is 10.4 Å². The summed E-state index contributed by atoms with van der Waals surface area (Å²) in [6, 6.07) is 19.9. The van der Waals surface area contributed by atoms with Gasteiger partial charge < -0.3 is 14.8 Å². The van der Waals surface area contributed by atoms with Gasteiger partial charge in [-0.15, -0.1) is 0 Å². The van der Waals surface area contributed by atoms with Crippen LogP contribution in [0, 0.1) is 17.1 Å². The van der Waals surface area contributed by atoms with E-state index in [2.05, 4.69) is 15.8 Å². The second kappa shape index (κ2) is 12.5. The lowest BCUT2D eigenvalue weighted by molar-refractivity contribution is -0.136. The van der Waals surface area contributed by atoms with Gasteiger partial charge in [0.05, 0.1) is 25.3 Å². The van der Waals surface area contributed by atoms with Crippen molar-refractivity contribution in [3.8, 4) is 17.6 Å². The predicted octanol–water partition coefficient (Wildman–Crippen LogP) is 3.96. The molecule has 2 N–H and O–H groups in total. The molecule has 2 amide bonds. The standard InChI is InChI=1S/C26H23FN4O4/c1-2-34-24-15-19(9-12-23(24)35-17-20-5-3-4-6-22(20)27)16-29-31-26(33)25(32)30-21-10-7-18(8-11-21)13-14-28/h3-12,15-16H,2,13,17H2,1H3,(H,30,32)(H,31,33)/b29-16+. The summed E-state index contributed by atoms with van der Waals surface area (Å²) >= 11 is 0. The third-order valence-electron chi connectivity index (χ3n) is 4.69. The van der Waals surface area contributed by atoms with Crippen LogP contribution in [0.3, 0.4) is 0 Å². The van der Waals surface area contributed by atoms with Gasteiger partial charge in [-0.3, -0.25) is 9.59 Å². The van der Waals surface area contributed by atoms with Gasteiger partial charge in [0.25, 0.3) is 0 Å². The normalized spacial score (nSPS) is 10.4. The summed E-state index contributed by atoms with van der Waals surface area (Å²) < 4.78 is 25.1. The average Bonchev–Trinajstić information content (AvgIpc) is 2.86. The first kappa shape index (κ1) is 24.9. The van der Waals surface area contributed by atoms with Crippen LogP contribution in [0.5, 0.6) is 11.5 Å². The van der Waals surface area contributed by atoms with Crippen molar-refractivity contribution in [3.63, 3.8) is 0 Å². The molecule has 0 spiro atoms. The quantitative estimate of drug-likeness (QED) is 0.277. The fraction of sp³-hybridized carbons (Fsp3) is 0.154. The van der Waals surface area contributed by atoms with E-state index in [0.717, 1.165) is 5.56 Å². The van der Waals surface area contributed by atoms with Gasteiger partial charge in [0.2, 0.25) is 0 Å². The van der Waals surface area contributed by atoms with E-state index in [1.807, 2.05) is 13.0 Å². The van der Waals surface area contributed by atoms with Crippen LogP contribution < -0.4 is 20.2 Å². The SMILES string of the molecule is CCOc1cc(/C=N/NC(=O)C(=O)Nc2ccc(CC#N)cc2)ccc1OCc1ccccc1F. The number of amides is 2. The molecule has 3 rings (SSSR count). The summed E-state index contributed by atoms with van der Waals surface area (Å²) in [6.07, 6.45) is 1.61. The number of ether oxygens (including phenoxy) is 2. The molecule has 0 aliphatic heterocycles. The number of carbonyl (C=O) groups is 2. The zero-order valence-electron chi connectivity index (χ0n) is 19.0. The number of nitrogens with zero attached hydrogens (tertiary/aromatic N) is 2. The third-order valence-corrected chi connectivity index (χ3v) is 4.69. The Balaban J connectivity index is 1.57. The molecule has 0 fully saturated rings. The van der Waals surface area contributed by atoms with Crippen LogP contribution >= 0.6 is 0 Å². The van der Waals surface area contributed by atoms with Crippen molar-refractivity contribution in [1.82, 2.24) is 5.43 Å². The number of nitriles is 1. The Bertz CT molecular complexity index is 1250. The van der Waals surface area contributed by atoms with Crippen LogP contribution in [-0.4, -0.2) is 24.6 Å². The van der Waals surface area contributed by atoms with Crippen LogP contribution in [0.1, 0.15) is 23.6 Å². The second-order valence-electron chi connectivity index (χ2n) is 7.20. The molecule has 9 heteroatoms. The summed E-state index contributed by atoms with van der Waals surface area (Å²) in [6.45, 7) is 2.23. The fourth-order valence-corrected chi connectivity index (χ4v) is 2.96. The topological polar surface area (TPSA) is 113 Å². The number of anilines is 1. The number of halogens is 1. The molecular formula is C26H23FN4O4. The maximum atomic E-state index is 13.8. The number of rotatable bonds is 9. The number of hydrazone groups is 1. The summed E-state index contributed by atoms with van der Waals surface area (Å²) in [7, 11) is 0. The molecule has 0 aliphatic carbocycles. The lowest BCUT2D eigenvalue weighted by atomic mass is 10.1. The Morgan fingerprint density at radius 2 is 1.80 bits per heavy atom. The zero-order valence-corrected chi connectivity index (χ0v) is 19.0. The Morgan fingerprint density at radius 1 is 1.03 bits per heavy atom. The van der Waals surface area contributed by atoms with Crippen LogP contribution in [0.4, 0.5) is 10.1 Å². The molecule has 0 aliphatic rings. The zero-order chi connectivity index (χ0) is 25.0. The van der Waals surface area contributed by atoms with E-state index in [4.69, 9.17) is 14.7 Å². The molecule has 3 aromatic carbocycles. The Morgan fingerprint density at radius 3 is 2.51 bits per heavy atom. The Labute approximate surface area is 202 Å². The smallest absolute Gasteiger partial charge is 0.329 e. The van der Waals surface area contributed by atoms with Crippen molar-refractivity contribution in [2.75, 3.05) is 11.9 Å². The molecule has 0 heterocycles. The first-order valence-corrected chi connectivity index (χ1v) is 10.7. The first-order valence-electron chi connectivity index (χ1n) is 10.7. The van der Waals surface area contributed by atoms with Crippen LogP contribution in [-0.2, 0) is 22.6 Å². The van der Waals surface area contributed by atoms with Crippen molar-refractivity contribution in [3.05, 3.63) is 89.2 Å². The molecule has 178 valence electrons. The highest BCUT2D eigenvalue weighted by atomic mass is 19.1. The molecule has 0 saturated heterocycles. The van der Waals surface area contributed by atoms with Crippen molar-refractivity contribution >= 4 is 23.7 Å². The number of hydrogen-bond acceptors (Lipinski definition) is 6. The number of carbonyl (C=O) groups excluding carboxylic acids is 2. The van der Waals surface area contributed by atoms with Crippen molar-refractivity contribution in [2.45, 2.75) is 20.0 Å². The van der Waals surface area contributed by atoms with E-state index in [1.54, 1.807) is 60.7 Å². The van der Waals surface area contributed by atoms with Crippen LogP contribution in [0.15, 0.2) is 71.8 Å². The third kappa shape index (κ3) is 7.40. The van der Waals surface area contributed by atoms with Crippen LogP contribution in [0.2, 0.25) is 0 Å². The molecule has 35 heavy (non-hydrogen) atoms. The van der Waals surface area contributed by atoms with Crippen LogP contribution in [0.25, 0.3) is 0 Å². The molecule has 0 saturated carbocycles. The molecule has 0 bridgehead atoms. The maximum absolute atomic E-state index is 13.8. The predicted molar refractivity (Wildman–Crippen MR) is 128 cm³/mol. The monoisotopic (exact) mass is 474 g/mol. The van der Waals surface area contributed by atoms with E-state index in [1.165, 1.54) is 12.3 Å². The molecule has 0 radical (unpaired) electrons. The number of hydrogen-bond donors (Lipinski definition) is 2. The van der Waals surface area contributed by atoms with Crippen molar-refractivity contribution in [1.29, 1.82) is 5.26 Å². The van der Waals surface area contributed by atoms with E-state index in [0.29, 0.717) is 34.9 Å². The minimum absolute atomic E-state index is 0.0341. The van der Waals surface area contributed by atoms with Gasteiger partial charge >= 0.3 is 11.8 Å². The maximum Gasteiger partial charge on any atom is 0.329 e.